The van der Waals surface area contributed by atoms with Gasteiger partial charge in [0.25, 0.3) is 0 Å². The van der Waals surface area contributed by atoms with Gasteiger partial charge in [-0.3, -0.25) is 0 Å². The number of nitrogens with one attached hydrogen (secondary N) is 1. The summed E-state index contributed by atoms with van der Waals surface area (Å²) >= 11 is 0. The Hall–Kier alpha value is -0.830. The van der Waals surface area contributed by atoms with Gasteiger partial charge in [0, 0.05) is 6.20 Å². The molecule has 0 aromatic rings. The lowest BCUT2D eigenvalue weighted by molar-refractivity contribution is 0.120. The Labute approximate surface area is 54.1 Å². The molecule has 1 unspecified atom stereocenters. The molecule has 0 fully saturated rings. The second-order valence-electron chi connectivity index (χ2n) is 2.27. The number of aliphatic imine (C=N–C) groups is 1. The summed E-state index contributed by atoms with van der Waals surface area (Å²) in [4.78, 5) is 3.89. The van der Waals surface area contributed by atoms with Crippen molar-refractivity contribution in [1.29, 1.82) is 0 Å². The van der Waals surface area contributed by atoms with Gasteiger partial charge >= 0.3 is 0 Å². The molecule has 0 saturated carbocycles. The van der Waals surface area contributed by atoms with Crippen LogP contribution in [0, 0.1) is 0 Å². The van der Waals surface area contributed by atoms with E-state index in [2.05, 4.69) is 10.3 Å². The van der Waals surface area contributed by atoms with Gasteiger partial charge in [-0.1, -0.05) is 0 Å². The number of rotatable bonds is 0. The maximum Gasteiger partial charge on any atom is 0.176 e. The van der Waals surface area contributed by atoms with Crippen LogP contribution in [0.1, 0.15) is 13.8 Å². The highest BCUT2D eigenvalue weighted by Crippen LogP contribution is 2.09. The van der Waals surface area contributed by atoms with Crippen molar-refractivity contribution in [1.82, 2.24) is 5.32 Å². The summed E-state index contributed by atoms with van der Waals surface area (Å²) in [6.07, 6.45) is 3.28. The number of aliphatic hydroxyl groups is 1. The van der Waals surface area contributed by atoms with Crippen LogP contribution in [0.2, 0.25) is 0 Å². The second kappa shape index (κ2) is 1.84. The van der Waals surface area contributed by atoms with Crippen molar-refractivity contribution in [2.24, 2.45) is 4.99 Å². The molecule has 50 valence electrons. The Kier molecular flexibility index (Phi) is 1.29. The first-order valence-electron chi connectivity index (χ1n) is 2.83. The summed E-state index contributed by atoms with van der Waals surface area (Å²) in [5.74, 6) is 0.738. The van der Waals surface area contributed by atoms with Crippen molar-refractivity contribution in [3.05, 3.63) is 12.3 Å². The van der Waals surface area contributed by atoms with E-state index in [-0.39, 0.29) is 0 Å². The molecule has 1 aliphatic heterocycles. The van der Waals surface area contributed by atoms with E-state index in [0.717, 1.165) is 5.84 Å². The topological polar surface area (TPSA) is 44.6 Å². The molecule has 1 rings (SSSR count). The minimum atomic E-state index is -1.00. The van der Waals surface area contributed by atoms with E-state index in [1.807, 2.05) is 0 Å². The monoisotopic (exact) mass is 126 g/mol. The molecule has 1 aliphatic rings. The summed E-state index contributed by atoms with van der Waals surface area (Å²) < 4.78 is 0. The SMILES string of the molecule is CC1=NC(C)(O)C=CN1. The van der Waals surface area contributed by atoms with Gasteiger partial charge in [0.2, 0.25) is 0 Å². The van der Waals surface area contributed by atoms with Gasteiger partial charge in [-0.05, 0) is 19.9 Å². The highest BCUT2D eigenvalue weighted by atomic mass is 16.3. The number of amidine groups is 1. The normalized spacial score (nSPS) is 33.4. The molecule has 0 aliphatic carbocycles. The highest BCUT2D eigenvalue weighted by molar-refractivity contribution is 5.81. The van der Waals surface area contributed by atoms with Gasteiger partial charge < -0.3 is 10.4 Å². The van der Waals surface area contributed by atoms with Crippen LogP contribution in [0.5, 0.6) is 0 Å². The Balaban J connectivity index is 2.78. The number of hydrogen-bond donors (Lipinski definition) is 2. The minimum absolute atomic E-state index is 0.738. The summed E-state index contributed by atoms with van der Waals surface area (Å²) in [5, 5.41) is 12.1. The van der Waals surface area contributed by atoms with E-state index in [1.54, 1.807) is 26.1 Å². The van der Waals surface area contributed by atoms with Crippen molar-refractivity contribution in [2.75, 3.05) is 0 Å². The molecule has 0 bridgehead atoms. The van der Waals surface area contributed by atoms with Crippen LogP contribution in [0.15, 0.2) is 17.3 Å². The molecular weight excluding hydrogens is 116 g/mol. The van der Waals surface area contributed by atoms with Crippen LogP contribution in [-0.4, -0.2) is 16.7 Å². The van der Waals surface area contributed by atoms with Crippen LogP contribution in [0.3, 0.4) is 0 Å². The Morgan fingerprint density at radius 2 is 2.44 bits per heavy atom. The maximum atomic E-state index is 9.23. The lowest BCUT2D eigenvalue weighted by atomic mass is 10.2. The van der Waals surface area contributed by atoms with E-state index in [0.29, 0.717) is 0 Å². The predicted octanol–water partition coefficient (Wildman–Crippen LogP) is 0.230. The Bertz CT molecular complexity index is 170. The van der Waals surface area contributed by atoms with Crippen molar-refractivity contribution >= 4 is 5.84 Å². The van der Waals surface area contributed by atoms with Crippen molar-refractivity contribution in [2.45, 2.75) is 19.6 Å². The molecule has 0 amide bonds. The first kappa shape index (κ1) is 6.29. The largest absolute Gasteiger partial charge is 0.366 e. The van der Waals surface area contributed by atoms with E-state index in [4.69, 9.17) is 0 Å². The smallest absolute Gasteiger partial charge is 0.176 e. The summed E-state index contributed by atoms with van der Waals surface area (Å²) in [5.41, 5.74) is -1.00. The van der Waals surface area contributed by atoms with Gasteiger partial charge in [-0.2, -0.15) is 0 Å². The van der Waals surface area contributed by atoms with Crippen LogP contribution in [-0.2, 0) is 0 Å². The summed E-state index contributed by atoms with van der Waals surface area (Å²) in [6, 6.07) is 0. The van der Waals surface area contributed by atoms with Gasteiger partial charge in [0.05, 0.1) is 0 Å². The first-order chi connectivity index (χ1) is 4.10. The lowest BCUT2D eigenvalue weighted by Crippen LogP contribution is -2.29. The third kappa shape index (κ3) is 1.54. The number of hydrogen-bond acceptors (Lipinski definition) is 3. The lowest BCUT2D eigenvalue weighted by Gasteiger charge is -2.18. The van der Waals surface area contributed by atoms with E-state index in [9.17, 15) is 5.11 Å². The van der Waals surface area contributed by atoms with Crippen LogP contribution in [0.25, 0.3) is 0 Å². The predicted molar refractivity (Wildman–Crippen MR) is 36.0 cm³/mol. The maximum absolute atomic E-state index is 9.23. The molecule has 2 N–H and O–H groups in total. The van der Waals surface area contributed by atoms with Gasteiger partial charge in [-0.25, -0.2) is 4.99 Å². The molecule has 0 saturated heterocycles. The summed E-state index contributed by atoms with van der Waals surface area (Å²) in [7, 11) is 0. The van der Waals surface area contributed by atoms with E-state index in [1.165, 1.54) is 0 Å². The second-order valence-corrected chi connectivity index (χ2v) is 2.27. The van der Waals surface area contributed by atoms with Crippen LogP contribution >= 0.6 is 0 Å². The van der Waals surface area contributed by atoms with Crippen molar-refractivity contribution < 1.29 is 5.11 Å². The molecule has 3 nitrogen and oxygen atoms in total. The van der Waals surface area contributed by atoms with Gasteiger partial charge in [0.15, 0.2) is 5.72 Å². The molecule has 0 radical (unpaired) electrons. The Morgan fingerprint density at radius 1 is 1.78 bits per heavy atom. The van der Waals surface area contributed by atoms with Crippen molar-refractivity contribution in [3.8, 4) is 0 Å². The summed E-state index contributed by atoms with van der Waals surface area (Å²) in [6.45, 7) is 3.44. The molecule has 0 aromatic carbocycles. The zero-order valence-electron chi connectivity index (χ0n) is 5.55. The fraction of sp³-hybridized carbons (Fsp3) is 0.500. The van der Waals surface area contributed by atoms with Gasteiger partial charge in [-0.15, -0.1) is 0 Å². The average molecular weight is 126 g/mol. The zero-order chi connectivity index (χ0) is 6.91. The highest BCUT2D eigenvalue weighted by Gasteiger charge is 2.16. The van der Waals surface area contributed by atoms with Gasteiger partial charge in [0.1, 0.15) is 5.84 Å². The zero-order valence-corrected chi connectivity index (χ0v) is 5.55. The van der Waals surface area contributed by atoms with E-state index < -0.39 is 5.72 Å². The third-order valence-corrected chi connectivity index (χ3v) is 1.09. The molecule has 0 spiro atoms. The molecule has 1 heterocycles. The quantitative estimate of drug-likeness (QED) is 0.488. The van der Waals surface area contributed by atoms with E-state index >= 15 is 0 Å². The van der Waals surface area contributed by atoms with Crippen LogP contribution in [0.4, 0.5) is 0 Å². The third-order valence-electron chi connectivity index (χ3n) is 1.09. The molecule has 1 atom stereocenters. The Morgan fingerprint density at radius 3 is 2.78 bits per heavy atom. The van der Waals surface area contributed by atoms with Crippen LogP contribution < -0.4 is 5.32 Å². The van der Waals surface area contributed by atoms with Crippen molar-refractivity contribution in [3.63, 3.8) is 0 Å². The molecule has 0 aromatic heterocycles. The molecule has 9 heavy (non-hydrogen) atoms. The molecule has 3 heteroatoms. The number of nitrogens with zero attached hydrogens (tertiary/aromatic N) is 1. The first-order valence-corrected chi connectivity index (χ1v) is 2.83. The average Bonchev–Trinajstić information content (AvgIpc) is 1.60. The fourth-order valence-corrected chi connectivity index (χ4v) is 0.729. The fourth-order valence-electron chi connectivity index (χ4n) is 0.729. The minimum Gasteiger partial charge on any atom is -0.366 e. The standard InChI is InChI=1S/C6H10N2O/c1-5-7-4-3-6(2,9)8-5/h3-4,9H,1-2H3,(H,7,8). The molecular formula is C6H10N2O.